The highest BCUT2D eigenvalue weighted by atomic mass is 15.1. The van der Waals surface area contributed by atoms with Gasteiger partial charge in [0.1, 0.15) is 5.82 Å². The molecular weight excluding hydrogens is 609 g/mol. The van der Waals surface area contributed by atoms with Crippen molar-refractivity contribution in [1.29, 1.82) is 0 Å². The largest absolute Gasteiger partial charge is 0.308 e. The van der Waals surface area contributed by atoms with Crippen LogP contribution >= 0.6 is 0 Å². The van der Waals surface area contributed by atoms with E-state index in [-0.39, 0.29) is 0 Å². The van der Waals surface area contributed by atoms with Crippen LogP contribution < -0.4 is 0 Å². The maximum absolute atomic E-state index is 5.39. The molecule has 0 aliphatic heterocycles. The molecule has 234 valence electrons. The zero-order valence-electron chi connectivity index (χ0n) is 27.1. The molecule has 0 aliphatic carbocycles. The Balaban J connectivity index is 1.28. The predicted octanol–water partition coefficient (Wildman–Crippen LogP) is 11.7. The molecule has 10 aromatic rings. The van der Waals surface area contributed by atoms with Crippen molar-refractivity contribution in [3.05, 3.63) is 182 Å². The van der Waals surface area contributed by atoms with Gasteiger partial charge in [-0.1, -0.05) is 121 Å². The van der Waals surface area contributed by atoms with Crippen LogP contribution in [-0.4, -0.2) is 19.1 Å². The highest BCUT2D eigenvalue weighted by Gasteiger charge is 2.20. The lowest BCUT2D eigenvalue weighted by Gasteiger charge is -2.15. The standard InChI is InChI=1S/C46H30N4/c1-4-14-31(15-5-1)34-28-40(32-16-6-2-7-17-32)48-44(30-34)50-41-23-11-10-20-37(41)38-22-12-21-36(46(38)50)33-25-26-39-43(29-33)49(35-18-8-3-9-19-35)42-24-13-27-47-45(39)42/h1-30H. The van der Waals surface area contributed by atoms with Crippen molar-refractivity contribution in [2.75, 3.05) is 0 Å². The van der Waals surface area contributed by atoms with Crippen LogP contribution in [0.5, 0.6) is 0 Å². The molecule has 0 radical (unpaired) electrons. The summed E-state index contributed by atoms with van der Waals surface area (Å²) in [5.41, 5.74) is 13.2. The van der Waals surface area contributed by atoms with Crippen LogP contribution in [0.25, 0.3) is 88.8 Å². The van der Waals surface area contributed by atoms with Crippen LogP contribution in [0.2, 0.25) is 0 Å². The van der Waals surface area contributed by atoms with Gasteiger partial charge >= 0.3 is 0 Å². The molecule has 0 saturated carbocycles. The molecule has 0 amide bonds. The summed E-state index contributed by atoms with van der Waals surface area (Å²) in [7, 11) is 0. The molecule has 10 rings (SSSR count). The lowest BCUT2D eigenvalue weighted by Crippen LogP contribution is -2.01. The first kappa shape index (κ1) is 28.3. The third kappa shape index (κ3) is 4.46. The molecule has 0 unspecified atom stereocenters. The number of aromatic nitrogens is 4. The van der Waals surface area contributed by atoms with Gasteiger partial charge in [0.25, 0.3) is 0 Å². The molecule has 0 N–H and O–H groups in total. The Kier molecular flexibility index (Phi) is 6.46. The highest BCUT2D eigenvalue weighted by Crippen LogP contribution is 2.41. The van der Waals surface area contributed by atoms with Crippen LogP contribution in [0.15, 0.2) is 182 Å². The Hall–Kier alpha value is -6.78. The number of hydrogen-bond donors (Lipinski definition) is 0. The quantitative estimate of drug-likeness (QED) is 0.188. The van der Waals surface area contributed by atoms with Crippen molar-refractivity contribution in [2.45, 2.75) is 0 Å². The first-order valence-corrected chi connectivity index (χ1v) is 16.9. The summed E-state index contributed by atoms with van der Waals surface area (Å²) < 4.78 is 4.69. The summed E-state index contributed by atoms with van der Waals surface area (Å²) >= 11 is 0. The molecule has 4 aromatic heterocycles. The average Bonchev–Trinajstić information content (AvgIpc) is 3.71. The van der Waals surface area contributed by atoms with Crippen molar-refractivity contribution in [3.8, 4) is 45.0 Å². The van der Waals surface area contributed by atoms with Crippen LogP contribution in [0.3, 0.4) is 0 Å². The smallest absolute Gasteiger partial charge is 0.138 e. The van der Waals surface area contributed by atoms with E-state index in [9.17, 15) is 0 Å². The van der Waals surface area contributed by atoms with Crippen LogP contribution in [0.1, 0.15) is 0 Å². The second kappa shape index (κ2) is 11.4. The lowest BCUT2D eigenvalue weighted by atomic mass is 10.0. The number of rotatable bonds is 5. The van der Waals surface area contributed by atoms with E-state index < -0.39 is 0 Å². The fourth-order valence-electron chi connectivity index (χ4n) is 7.53. The number of para-hydroxylation sites is 3. The number of pyridine rings is 2. The summed E-state index contributed by atoms with van der Waals surface area (Å²) in [5, 5.41) is 3.52. The van der Waals surface area contributed by atoms with E-state index in [1.165, 1.54) is 10.8 Å². The Morgan fingerprint density at radius 2 is 1.10 bits per heavy atom. The van der Waals surface area contributed by atoms with Crippen molar-refractivity contribution in [3.63, 3.8) is 0 Å². The molecule has 50 heavy (non-hydrogen) atoms. The van der Waals surface area contributed by atoms with Gasteiger partial charge in [-0.25, -0.2) is 4.98 Å². The zero-order valence-corrected chi connectivity index (χ0v) is 27.1. The summed E-state index contributed by atoms with van der Waals surface area (Å²) in [5.74, 6) is 0.882. The molecule has 4 heterocycles. The number of fused-ring (bicyclic) bond motifs is 6. The molecule has 0 spiro atoms. The maximum Gasteiger partial charge on any atom is 0.138 e. The van der Waals surface area contributed by atoms with Gasteiger partial charge in [0.15, 0.2) is 0 Å². The first-order valence-electron chi connectivity index (χ1n) is 16.9. The Morgan fingerprint density at radius 3 is 1.92 bits per heavy atom. The summed E-state index contributed by atoms with van der Waals surface area (Å²) in [6.07, 6.45) is 1.88. The minimum atomic E-state index is 0.882. The summed E-state index contributed by atoms with van der Waals surface area (Å²) in [6, 6.07) is 62.3. The minimum absolute atomic E-state index is 0.882. The molecule has 4 nitrogen and oxygen atoms in total. The Morgan fingerprint density at radius 1 is 0.400 bits per heavy atom. The summed E-state index contributed by atoms with van der Waals surface area (Å²) in [4.78, 5) is 10.2. The van der Waals surface area contributed by atoms with E-state index in [0.717, 1.165) is 78.0 Å². The number of benzene rings is 6. The van der Waals surface area contributed by atoms with E-state index >= 15 is 0 Å². The van der Waals surface area contributed by atoms with Gasteiger partial charge < -0.3 is 4.57 Å². The van der Waals surface area contributed by atoms with E-state index in [4.69, 9.17) is 9.97 Å². The third-order valence-corrected chi connectivity index (χ3v) is 9.76. The Labute approximate surface area is 289 Å². The minimum Gasteiger partial charge on any atom is -0.308 e. The first-order chi connectivity index (χ1) is 24.8. The normalized spacial score (nSPS) is 11.6. The highest BCUT2D eigenvalue weighted by molar-refractivity contribution is 6.15. The van der Waals surface area contributed by atoms with Crippen molar-refractivity contribution in [1.82, 2.24) is 19.1 Å². The zero-order chi connectivity index (χ0) is 33.0. The number of nitrogens with zero attached hydrogens (tertiary/aromatic N) is 4. The maximum atomic E-state index is 5.39. The molecule has 4 heteroatoms. The second-order valence-corrected chi connectivity index (χ2v) is 12.7. The van der Waals surface area contributed by atoms with Gasteiger partial charge in [0.2, 0.25) is 0 Å². The SMILES string of the molecule is c1ccc(-c2cc(-c3ccccc3)nc(-n3c4ccccc4c4cccc(-c5ccc6c7ncccc7n(-c7ccccc7)c6c5)c43)c2)cc1. The van der Waals surface area contributed by atoms with Crippen molar-refractivity contribution >= 4 is 43.7 Å². The molecule has 6 aromatic carbocycles. The fraction of sp³-hybridized carbons (Fsp3) is 0. The molecular formula is C46H30N4. The summed E-state index contributed by atoms with van der Waals surface area (Å²) in [6.45, 7) is 0. The van der Waals surface area contributed by atoms with Crippen LogP contribution in [0, 0.1) is 0 Å². The lowest BCUT2D eigenvalue weighted by molar-refractivity contribution is 1.08. The average molecular weight is 639 g/mol. The van der Waals surface area contributed by atoms with Gasteiger partial charge in [-0.05, 0) is 71.3 Å². The van der Waals surface area contributed by atoms with E-state index in [2.05, 4.69) is 179 Å². The fourth-order valence-corrected chi connectivity index (χ4v) is 7.53. The molecule has 0 aliphatic rings. The van der Waals surface area contributed by atoms with Gasteiger partial charge in [0, 0.05) is 39.2 Å². The molecule has 0 saturated heterocycles. The Bertz CT molecular complexity index is 2790. The molecule has 0 atom stereocenters. The van der Waals surface area contributed by atoms with Gasteiger partial charge in [-0.15, -0.1) is 0 Å². The van der Waals surface area contributed by atoms with E-state index in [1.807, 2.05) is 12.3 Å². The van der Waals surface area contributed by atoms with Crippen LogP contribution in [-0.2, 0) is 0 Å². The van der Waals surface area contributed by atoms with Crippen molar-refractivity contribution in [2.24, 2.45) is 0 Å². The third-order valence-electron chi connectivity index (χ3n) is 9.76. The van der Waals surface area contributed by atoms with Gasteiger partial charge in [-0.3, -0.25) is 9.55 Å². The molecule has 0 fully saturated rings. The van der Waals surface area contributed by atoms with Crippen molar-refractivity contribution < 1.29 is 0 Å². The second-order valence-electron chi connectivity index (χ2n) is 12.7. The number of hydrogen-bond acceptors (Lipinski definition) is 2. The topological polar surface area (TPSA) is 35.6 Å². The van der Waals surface area contributed by atoms with Crippen LogP contribution in [0.4, 0.5) is 0 Å². The van der Waals surface area contributed by atoms with Gasteiger partial charge in [0.05, 0.1) is 33.3 Å². The van der Waals surface area contributed by atoms with E-state index in [1.54, 1.807) is 0 Å². The monoisotopic (exact) mass is 638 g/mol. The van der Waals surface area contributed by atoms with Gasteiger partial charge in [-0.2, -0.15) is 0 Å². The predicted molar refractivity (Wildman–Crippen MR) is 207 cm³/mol. The molecule has 0 bridgehead atoms. The van der Waals surface area contributed by atoms with E-state index in [0.29, 0.717) is 0 Å².